The summed E-state index contributed by atoms with van der Waals surface area (Å²) >= 11 is 0. The second-order valence-corrected chi connectivity index (χ2v) is 5.93. The van der Waals surface area contributed by atoms with Crippen LogP contribution in [-0.2, 0) is 4.79 Å². The Morgan fingerprint density at radius 1 is 1.12 bits per heavy atom. The van der Waals surface area contributed by atoms with Crippen LogP contribution < -0.4 is 10.6 Å². The first-order valence-electron chi connectivity index (χ1n) is 7.15. The molecule has 2 rings (SSSR count). The summed E-state index contributed by atoms with van der Waals surface area (Å²) < 4.78 is 0. The Labute approximate surface area is 105 Å². The minimum absolute atomic E-state index is 0.0538. The largest absolute Gasteiger partial charge is 0.358 e. The highest BCUT2D eigenvalue weighted by atomic mass is 16.2. The Bertz CT molecular complexity index is 259. The molecule has 2 fully saturated rings. The van der Waals surface area contributed by atoms with Crippen LogP contribution in [0.4, 0.5) is 0 Å². The normalized spacial score (nSPS) is 38.7. The van der Waals surface area contributed by atoms with Gasteiger partial charge in [0.05, 0.1) is 6.04 Å². The van der Waals surface area contributed by atoms with Gasteiger partial charge in [0.25, 0.3) is 0 Å². The predicted molar refractivity (Wildman–Crippen MR) is 69.7 cm³/mol. The average Bonchev–Trinajstić information content (AvgIpc) is 2.39. The van der Waals surface area contributed by atoms with Crippen molar-refractivity contribution in [3.05, 3.63) is 0 Å². The SMILES string of the molecule is CNC(=O)C1CC(C2CCC(C)CC2)CCN1. The van der Waals surface area contributed by atoms with Gasteiger partial charge in [0, 0.05) is 7.05 Å². The van der Waals surface area contributed by atoms with Crippen molar-refractivity contribution in [1.82, 2.24) is 10.6 Å². The van der Waals surface area contributed by atoms with Gasteiger partial charge in [-0.2, -0.15) is 0 Å². The van der Waals surface area contributed by atoms with Crippen LogP contribution in [0.1, 0.15) is 45.4 Å². The summed E-state index contributed by atoms with van der Waals surface area (Å²) in [7, 11) is 1.73. The topological polar surface area (TPSA) is 41.1 Å². The maximum absolute atomic E-state index is 11.7. The molecule has 3 heteroatoms. The van der Waals surface area contributed by atoms with E-state index >= 15 is 0 Å². The van der Waals surface area contributed by atoms with Crippen LogP contribution >= 0.6 is 0 Å². The highest BCUT2D eigenvalue weighted by molar-refractivity contribution is 5.81. The first-order chi connectivity index (χ1) is 8.20. The van der Waals surface area contributed by atoms with Gasteiger partial charge in [-0.3, -0.25) is 4.79 Å². The van der Waals surface area contributed by atoms with Gasteiger partial charge in [-0.25, -0.2) is 0 Å². The van der Waals surface area contributed by atoms with Crippen molar-refractivity contribution in [3.8, 4) is 0 Å². The lowest BCUT2D eigenvalue weighted by molar-refractivity contribution is -0.123. The van der Waals surface area contributed by atoms with E-state index in [1.807, 2.05) is 0 Å². The zero-order chi connectivity index (χ0) is 12.3. The zero-order valence-electron chi connectivity index (χ0n) is 11.2. The fourth-order valence-corrected chi connectivity index (χ4v) is 3.51. The maximum atomic E-state index is 11.7. The van der Waals surface area contributed by atoms with Gasteiger partial charge in [-0.1, -0.05) is 19.8 Å². The van der Waals surface area contributed by atoms with E-state index in [0.29, 0.717) is 0 Å². The van der Waals surface area contributed by atoms with Crippen LogP contribution in [-0.4, -0.2) is 25.5 Å². The van der Waals surface area contributed by atoms with Gasteiger partial charge in [0.1, 0.15) is 0 Å². The summed E-state index contributed by atoms with van der Waals surface area (Å²) in [5, 5.41) is 6.10. The minimum Gasteiger partial charge on any atom is -0.358 e. The van der Waals surface area contributed by atoms with E-state index < -0.39 is 0 Å². The fraction of sp³-hybridized carbons (Fsp3) is 0.929. The summed E-state index contributed by atoms with van der Waals surface area (Å²) in [5.41, 5.74) is 0. The second-order valence-electron chi connectivity index (χ2n) is 5.93. The lowest BCUT2D eigenvalue weighted by atomic mass is 9.72. The van der Waals surface area contributed by atoms with E-state index in [0.717, 1.165) is 30.7 Å². The Morgan fingerprint density at radius 2 is 1.82 bits per heavy atom. The molecule has 17 heavy (non-hydrogen) atoms. The molecule has 2 unspecified atom stereocenters. The van der Waals surface area contributed by atoms with Gasteiger partial charge >= 0.3 is 0 Å². The molecule has 0 radical (unpaired) electrons. The van der Waals surface area contributed by atoms with Crippen LogP contribution in [0.3, 0.4) is 0 Å². The van der Waals surface area contributed by atoms with Gasteiger partial charge in [-0.15, -0.1) is 0 Å². The molecule has 1 amide bonds. The minimum atomic E-state index is 0.0538. The van der Waals surface area contributed by atoms with Crippen molar-refractivity contribution in [2.45, 2.75) is 51.5 Å². The maximum Gasteiger partial charge on any atom is 0.236 e. The zero-order valence-corrected chi connectivity index (χ0v) is 11.2. The molecule has 0 aromatic heterocycles. The third-order valence-corrected chi connectivity index (χ3v) is 4.73. The van der Waals surface area contributed by atoms with E-state index in [-0.39, 0.29) is 11.9 Å². The Hall–Kier alpha value is -0.570. The van der Waals surface area contributed by atoms with Crippen LogP contribution in [0.5, 0.6) is 0 Å². The number of hydrogen-bond acceptors (Lipinski definition) is 2. The number of hydrogen-bond donors (Lipinski definition) is 2. The van der Waals surface area contributed by atoms with Crippen LogP contribution in [0.15, 0.2) is 0 Å². The molecular weight excluding hydrogens is 212 g/mol. The molecule has 2 atom stereocenters. The monoisotopic (exact) mass is 238 g/mol. The first-order valence-corrected chi connectivity index (χ1v) is 7.15. The molecule has 98 valence electrons. The molecule has 0 spiro atoms. The molecule has 1 heterocycles. The number of carbonyl (C=O) groups excluding carboxylic acids is 1. The van der Waals surface area contributed by atoms with Gasteiger partial charge in [-0.05, 0) is 50.0 Å². The number of nitrogens with one attached hydrogen (secondary N) is 2. The number of piperidine rings is 1. The Kier molecular flexibility index (Phi) is 4.43. The van der Waals surface area contributed by atoms with Crippen LogP contribution in [0.2, 0.25) is 0 Å². The fourth-order valence-electron chi connectivity index (χ4n) is 3.51. The molecule has 2 N–H and O–H groups in total. The summed E-state index contributed by atoms with van der Waals surface area (Å²) in [5.74, 6) is 2.73. The summed E-state index contributed by atoms with van der Waals surface area (Å²) in [4.78, 5) is 11.7. The van der Waals surface area contributed by atoms with E-state index in [4.69, 9.17) is 0 Å². The lowest BCUT2D eigenvalue weighted by Gasteiger charge is -2.37. The first kappa shape index (κ1) is 12.9. The quantitative estimate of drug-likeness (QED) is 0.772. The van der Waals surface area contributed by atoms with Crippen LogP contribution in [0, 0.1) is 17.8 Å². The Balaban J connectivity index is 1.86. The molecular formula is C14H26N2O. The summed E-state index contributed by atoms with van der Waals surface area (Å²) in [6.45, 7) is 3.38. The van der Waals surface area contributed by atoms with E-state index in [1.54, 1.807) is 7.05 Å². The van der Waals surface area contributed by atoms with Crippen molar-refractivity contribution in [1.29, 1.82) is 0 Å². The summed E-state index contributed by atoms with van der Waals surface area (Å²) in [6, 6.07) is 0.0538. The van der Waals surface area contributed by atoms with Crippen molar-refractivity contribution < 1.29 is 4.79 Å². The summed E-state index contributed by atoms with van der Waals surface area (Å²) in [6.07, 6.45) is 7.84. The van der Waals surface area contributed by atoms with Gasteiger partial charge < -0.3 is 10.6 Å². The molecule has 2 aliphatic rings. The number of amides is 1. The van der Waals surface area contributed by atoms with Crippen molar-refractivity contribution in [3.63, 3.8) is 0 Å². The van der Waals surface area contributed by atoms with E-state index in [9.17, 15) is 4.79 Å². The van der Waals surface area contributed by atoms with Crippen LogP contribution in [0.25, 0.3) is 0 Å². The van der Waals surface area contributed by atoms with Crippen molar-refractivity contribution >= 4 is 5.91 Å². The smallest absolute Gasteiger partial charge is 0.236 e. The number of rotatable bonds is 2. The second kappa shape index (κ2) is 5.85. The molecule has 0 bridgehead atoms. The average molecular weight is 238 g/mol. The van der Waals surface area contributed by atoms with E-state index in [1.165, 1.54) is 32.1 Å². The highest BCUT2D eigenvalue weighted by Crippen LogP contribution is 2.37. The molecule has 1 aliphatic carbocycles. The van der Waals surface area contributed by atoms with Gasteiger partial charge in [0.2, 0.25) is 5.91 Å². The van der Waals surface area contributed by atoms with Gasteiger partial charge in [0.15, 0.2) is 0 Å². The van der Waals surface area contributed by atoms with E-state index in [2.05, 4.69) is 17.6 Å². The highest BCUT2D eigenvalue weighted by Gasteiger charge is 2.32. The third kappa shape index (κ3) is 3.21. The van der Waals surface area contributed by atoms with Crippen molar-refractivity contribution in [2.24, 2.45) is 17.8 Å². The molecule has 1 saturated carbocycles. The number of carbonyl (C=O) groups is 1. The predicted octanol–water partition coefficient (Wildman–Crippen LogP) is 1.93. The molecule has 1 saturated heterocycles. The lowest BCUT2D eigenvalue weighted by Crippen LogP contribution is -2.49. The molecule has 1 aliphatic heterocycles. The standard InChI is InChI=1S/C14H26N2O/c1-10-3-5-11(6-4-10)12-7-8-16-13(9-12)14(17)15-2/h10-13,16H,3-9H2,1-2H3,(H,15,17). The molecule has 3 nitrogen and oxygen atoms in total. The molecule has 0 aromatic rings. The number of likely N-dealkylation sites (N-methyl/N-ethyl adjacent to an activating group) is 1. The van der Waals surface area contributed by atoms with Crippen molar-refractivity contribution in [2.75, 3.05) is 13.6 Å². The molecule has 0 aromatic carbocycles. The Morgan fingerprint density at radius 3 is 2.47 bits per heavy atom. The third-order valence-electron chi connectivity index (χ3n) is 4.73.